The number of amides is 1. The summed E-state index contributed by atoms with van der Waals surface area (Å²) in [5.74, 6) is 1.47. The molecule has 1 fully saturated rings. The maximum absolute atomic E-state index is 12.1. The van der Waals surface area contributed by atoms with Crippen LogP contribution in [-0.4, -0.2) is 33.1 Å². The lowest BCUT2D eigenvalue weighted by Gasteiger charge is -2.24. The van der Waals surface area contributed by atoms with Gasteiger partial charge in [0, 0.05) is 18.7 Å². The topological polar surface area (TPSA) is 75.1 Å². The first-order valence-electron chi connectivity index (χ1n) is 7.71. The quantitative estimate of drug-likeness (QED) is 0.808. The molecule has 21 heavy (non-hydrogen) atoms. The third kappa shape index (κ3) is 5.08. The van der Waals surface area contributed by atoms with Gasteiger partial charge >= 0.3 is 0 Å². The zero-order valence-corrected chi connectivity index (χ0v) is 13.1. The molecule has 0 radical (unpaired) electrons. The Bertz CT molecular complexity index is 496. The van der Waals surface area contributed by atoms with Crippen molar-refractivity contribution in [1.29, 1.82) is 0 Å². The molecular weight excluding hydrogens is 266 g/mol. The monoisotopic (exact) mass is 291 g/mol. The fourth-order valence-electron chi connectivity index (χ4n) is 2.09. The maximum Gasteiger partial charge on any atom is 0.270 e. The summed E-state index contributed by atoms with van der Waals surface area (Å²) < 4.78 is 0. The molecule has 0 saturated heterocycles. The van der Waals surface area contributed by atoms with Gasteiger partial charge in [-0.2, -0.15) is 0 Å². The van der Waals surface area contributed by atoms with Crippen LogP contribution in [-0.2, 0) is 0 Å². The summed E-state index contributed by atoms with van der Waals surface area (Å²) in [5, 5.41) is 13.0. The number of nitrogens with zero attached hydrogens (tertiary/aromatic N) is 2. The Hall–Kier alpha value is -1.49. The molecule has 1 aliphatic carbocycles. The van der Waals surface area contributed by atoms with Gasteiger partial charge in [0.2, 0.25) is 0 Å². The zero-order chi connectivity index (χ0) is 15.5. The first-order valence-corrected chi connectivity index (χ1v) is 7.71. The fraction of sp³-hybridized carbons (Fsp3) is 0.688. The van der Waals surface area contributed by atoms with Crippen molar-refractivity contribution < 1.29 is 9.90 Å². The lowest BCUT2D eigenvalue weighted by Crippen LogP contribution is -2.41. The van der Waals surface area contributed by atoms with Crippen LogP contribution in [0.4, 0.5) is 0 Å². The van der Waals surface area contributed by atoms with E-state index in [-0.39, 0.29) is 12.5 Å². The Morgan fingerprint density at radius 1 is 1.52 bits per heavy atom. The molecule has 0 bridgehead atoms. The molecule has 5 nitrogen and oxygen atoms in total. The number of carbonyl (C=O) groups is 1. The van der Waals surface area contributed by atoms with Crippen molar-refractivity contribution >= 4 is 5.91 Å². The van der Waals surface area contributed by atoms with E-state index >= 15 is 0 Å². The van der Waals surface area contributed by atoms with Crippen molar-refractivity contribution in [2.24, 2.45) is 5.92 Å². The SMILES string of the molecule is CC(C)CCC(C)(O)CNC(=O)c1ccnc(C2CC2)n1. The molecule has 116 valence electrons. The van der Waals surface area contributed by atoms with E-state index in [0.29, 0.717) is 24.0 Å². The van der Waals surface area contributed by atoms with E-state index < -0.39 is 5.60 Å². The predicted octanol–water partition coefficient (Wildman–Crippen LogP) is 2.27. The molecule has 5 heteroatoms. The van der Waals surface area contributed by atoms with Gasteiger partial charge in [0.15, 0.2) is 0 Å². The number of nitrogens with one attached hydrogen (secondary N) is 1. The average Bonchev–Trinajstić information content (AvgIpc) is 3.28. The van der Waals surface area contributed by atoms with Gasteiger partial charge in [-0.15, -0.1) is 0 Å². The Labute approximate surface area is 126 Å². The molecule has 0 aliphatic heterocycles. The molecular formula is C16H25N3O2. The van der Waals surface area contributed by atoms with Gasteiger partial charge in [-0.05, 0) is 44.6 Å². The number of hydrogen-bond donors (Lipinski definition) is 2. The highest BCUT2D eigenvalue weighted by Gasteiger charge is 2.27. The highest BCUT2D eigenvalue weighted by atomic mass is 16.3. The van der Waals surface area contributed by atoms with Gasteiger partial charge < -0.3 is 10.4 Å². The predicted molar refractivity (Wildman–Crippen MR) is 81.0 cm³/mol. The van der Waals surface area contributed by atoms with Crippen LogP contribution in [0, 0.1) is 5.92 Å². The van der Waals surface area contributed by atoms with E-state index in [9.17, 15) is 9.90 Å². The summed E-state index contributed by atoms with van der Waals surface area (Å²) in [7, 11) is 0. The van der Waals surface area contributed by atoms with Crippen LogP contribution in [0.1, 0.15) is 68.7 Å². The summed E-state index contributed by atoms with van der Waals surface area (Å²) in [4.78, 5) is 20.6. The summed E-state index contributed by atoms with van der Waals surface area (Å²) in [5.41, 5.74) is -0.502. The third-order valence-electron chi connectivity index (χ3n) is 3.74. The molecule has 1 atom stereocenters. The first-order chi connectivity index (χ1) is 9.87. The number of hydrogen-bond acceptors (Lipinski definition) is 4. The Balaban J connectivity index is 1.87. The summed E-state index contributed by atoms with van der Waals surface area (Å²) in [6.45, 7) is 6.23. The van der Waals surface area contributed by atoms with Crippen LogP contribution in [0.5, 0.6) is 0 Å². The van der Waals surface area contributed by atoms with Crippen molar-refractivity contribution in [1.82, 2.24) is 15.3 Å². The molecule has 1 heterocycles. The van der Waals surface area contributed by atoms with Crippen molar-refractivity contribution in [3.8, 4) is 0 Å². The van der Waals surface area contributed by atoms with Crippen LogP contribution in [0.25, 0.3) is 0 Å². The number of aromatic nitrogens is 2. The number of carbonyl (C=O) groups excluding carboxylic acids is 1. The van der Waals surface area contributed by atoms with Crippen LogP contribution in [0.2, 0.25) is 0 Å². The van der Waals surface area contributed by atoms with E-state index in [4.69, 9.17) is 0 Å². The van der Waals surface area contributed by atoms with Gasteiger partial charge in [0.1, 0.15) is 11.5 Å². The minimum Gasteiger partial charge on any atom is -0.388 e. The van der Waals surface area contributed by atoms with Gasteiger partial charge in [0.05, 0.1) is 5.60 Å². The summed E-state index contributed by atoms with van der Waals surface area (Å²) >= 11 is 0. The third-order valence-corrected chi connectivity index (χ3v) is 3.74. The normalized spacial score (nSPS) is 17.6. The second kappa shape index (κ2) is 6.52. The lowest BCUT2D eigenvalue weighted by molar-refractivity contribution is 0.0428. The molecule has 1 aromatic heterocycles. The lowest BCUT2D eigenvalue weighted by atomic mass is 9.95. The molecule has 1 aliphatic rings. The van der Waals surface area contributed by atoms with Crippen molar-refractivity contribution in [3.63, 3.8) is 0 Å². The van der Waals surface area contributed by atoms with Crippen molar-refractivity contribution in [3.05, 3.63) is 23.8 Å². The average molecular weight is 291 g/mol. The van der Waals surface area contributed by atoms with Crippen LogP contribution >= 0.6 is 0 Å². The second-order valence-electron chi connectivity index (χ2n) is 6.69. The largest absolute Gasteiger partial charge is 0.388 e. The minimum absolute atomic E-state index is 0.237. The molecule has 2 rings (SSSR count). The van der Waals surface area contributed by atoms with E-state index in [1.165, 1.54) is 0 Å². The van der Waals surface area contributed by atoms with Crippen LogP contribution in [0.3, 0.4) is 0 Å². The molecule has 0 aromatic carbocycles. The Kier molecular flexibility index (Phi) is 4.93. The van der Waals surface area contributed by atoms with Crippen LogP contribution < -0.4 is 5.32 Å². The highest BCUT2D eigenvalue weighted by molar-refractivity contribution is 5.92. The minimum atomic E-state index is -0.883. The molecule has 1 unspecified atom stereocenters. The molecule has 2 N–H and O–H groups in total. The number of aliphatic hydroxyl groups is 1. The van der Waals surface area contributed by atoms with Gasteiger partial charge in [-0.25, -0.2) is 9.97 Å². The van der Waals surface area contributed by atoms with Gasteiger partial charge in [0.25, 0.3) is 5.91 Å². The summed E-state index contributed by atoms with van der Waals surface area (Å²) in [6, 6.07) is 1.62. The van der Waals surface area contributed by atoms with Crippen LogP contribution in [0.15, 0.2) is 12.3 Å². The van der Waals surface area contributed by atoms with E-state index in [2.05, 4.69) is 29.1 Å². The van der Waals surface area contributed by atoms with E-state index in [0.717, 1.165) is 25.1 Å². The Morgan fingerprint density at radius 3 is 2.86 bits per heavy atom. The summed E-state index contributed by atoms with van der Waals surface area (Å²) in [6.07, 6.45) is 5.45. The standard InChI is InChI=1S/C16H25N3O2/c1-11(2)6-8-16(3,21)10-18-15(20)13-7-9-17-14(19-13)12-4-5-12/h7,9,11-12,21H,4-6,8,10H2,1-3H3,(H,18,20). The number of rotatable bonds is 7. The fourth-order valence-corrected chi connectivity index (χ4v) is 2.09. The van der Waals surface area contributed by atoms with E-state index in [1.54, 1.807) is 19.2 Å². The second-order valence-corrected chi connectivity index (χ2v) is 6.69. The molecule has 1 saturated carbocycles. The van der Waals surface area contributed by atoms with Crippen molar-refractivity contribution in [2.75, 3.05) is 6.54 Å². The smallest absolute Gasteiger partial charge is 0.270 e. The molecule has 1 aromatic rings. The Morgan fingerprint density at radius 2 is 2.24 bits per heavy atom. The zero-order valence-electron chi connectivity index (χ0n) is 13.1. The maximum atomic E-state index is 12.1. The van der Waals surface area contributed by atoms with E-state index in [1.807, 2.05) is 0 Å². The molecule has 1 amide bonds. The van der Waals surface area contributed by atoms with Gasteiger partial charge in [-0.1, -0.05) is 13.8 Å². The van der Waals surface area contributed by atoms with Gasteiger partial charge in [-0.3, -0.25) is 4.79 Å². The first kappa shape index (κ1) is 15.9. The molecule has 0 spiro atoms. The highest BCUT2D eigenvalue weighted by Crippen LogP contribution is 2.37. The van der Waals surface area contributed by atoms with Crippen molar-refractivity contribution in [2.45, 2.75) is 58.0 Å².